The maximum Gasteiger partial charge on any atom is 0.238 e. The fraction of sp³-hybridized carbons (Fsp3) is 0.192. The molecule has 1 heterocycles. The molecule has 5 nitrogen and oxygen atoms in total. The van der Waals surface area contributed by atoms with Gasteiger partial charge in [-0.25, -0.2) is 4.39 Å². The van der Waals surface area contributed by atoms with Gasteiger partial charge in [-0.3, -0.25) is 9.36 Å². The summed E-state index contributed by atoms with van der Waals surface area (Å²) in [7, 11) is 0. The molecule has 1 aliphatic carbocycles. The lowest BCUT2D eigenvalue weighted by Gasteiger charge is -2.18. The first kappa shape index (κ1) is 22.6. The molecule has 1 unspecified atom stereocenters. The molecule has 1 aromatic heterocycles. The maximum absolute atomic E-state index is 13.6. The predicted octanol–water partition coefficient (Wildman–Crippen LogP) is 5.90. The first-order valence-electron chi connectivity index (χ1n) is 11.0. The lowest BCUT2D eigenvalue weighted by Crippen LogP contribution is -2.30. The molecule has 172 valence electrons. The SMILES string of the molecule is O=C(NC1CC1)C(Sc1nnc(-c2ccccc2Cl)n1Cc1ccccc1)c1ccc(F)cc1. The van der Waals surface area contributed by atoms with E-state index >= 15 is 0 Å². The van der Waals surface area contributed by atoms with Crippen LogP contribution in [0, 0.1) is 5.82 Å². The van der Waals surface area contributed by atoms with Crippen molar-refractivity contribution in [3.05, 3.63) is 101 Å². The third-order valence-corrected chi connectivity index (χ3v) is 7.14. The Morgan fingerprint density at radius 1 is 1.03 bits per heavy atom. The van der Waals surface area contributed by atoms with Gasteiger partial charge in [-0.05, 0) is 48.2 Å². The molecule has 0 bridgehead atoms. The maximum atomic E-state index is 13.6. The number of benzene rings is 3. The summed E-state index contributed by atoms with van der Waals surface area (Å²) < 4.78 is 15.6. The van der Waals surface area contributed by atoms with E-state index in [2.05, 4.69) is 15.5 Å². The van der Waals surface area contributed by atoms with Crippen LogP contribution in [0.5, 0.6) is 0 Å². The van der Waals surface area contributed by atoms with E-state index < -0.39 is 5.25 Å². The second-order valence-electron chi connectivity index (χ2n) is 8.19. The van der Waals surface area contributed by atoms with E-state index in [1.54, 1.807) is 12.1 Å². The van der Waals surface area contributed by atoms with Crippen molar-refractivity contribution < 1.29 is 9.18 Å². The summed E-state index contributed by atoms with van der Waals surface area (Å²) in [4.78, 5) is 13.2. The fourth-order valence-corrected chi connectivity index (χ4v) is 4.91. The molecule has 1 saturated carbocycles. The summed E-state index contributed by atoms with van der Waals surface area (Å²) in [6, 6.07) is 23.7. The molecule has 0 saturated heterocycles. The standard InChI is InChI=1S/C26H22ClFN4OS/c27-22-9-5-4-8-21(22)24-30-31-26(32(24)16-17-6-2-1-3-7-17)34-23(25(33)29-20-14-15-20)18-10-12-19(28)13-11-18/h1-13,20,23H,14-16H2,(H,29,33). The zero-order valence-electron chi connectivity index (χ0n) is 18.2. The van der Waals surface area contributed by atoms with Gasteiger partial charge in [0.25, 0.3) is 0 Å². The molecule has 1 aliphatic rings. The number of thioether (sulfide) groups is 1. The van der Waals surface area contributed by atoms with Crippen molar-refractivity contribution in [2.45, 2.75) is 35.8 Å². The van der Waals surface area contributed by atoms with Crippen LogP contribution in [0.25, 0.3) is 11.4 Å². The van der Waals surface area contributed by atoms with Crippen LogP contribution in [0.15, 0.2) is 84.0 Å². The number of rotatable bonds is 8. The molecule has 34 heavy (non-hydrogen) atoms. The Labute approximate surface area is 206 Å². The summed E-state index contributed by atoms with van der Waals surface area (Å²) in [5, 5.41) is 12.5. The van der Waals surface area contributed by atoms with Crippen LogP contribution in [0.1, 0.15) is 29.2 Å². The zero-order valence-corrected chi connectivity index (χ0v) is 19.8. The average molecular weight is 493 g/mol. The lowest BCUT2D eigenvalue weighted by atomic mass is 10.1. The van der Waals surface area contributed by atoms with E-state index in [0.717, 1.165) is 24.0 Å². The minimum absolute atomic E-state index is 0.118. The summed E-state index contributed by atoms with van der Waals surface area (Å²) in [6.07, 6.45) is 1.96. The number of halogens is 2. The number of amides is 1. The van der Waals surface area contributed by atoms with Gasteiger partial charge >= 0.3 is 0 Å². The van der Waals surface area contributed by atoms with Gasteiger partial charge in [0, 0.05) is 11.6 Å². The quantitative estimate of drug-likeness (QED) is 0.311. The van der Waals surface area contributed by atoms with E-state index in [1.807, 2.05) is 59.2 Å². The summed E-state index contributed by atoms with van der Waals surface area (Å²) in [5.41, 5.74) is 2.54. The second-order valence-corrected chi connectivity index (χ2v) is 9.67. The van der Waals surface area contributed by atoms with Crippen LogP contribution >= 0.6 is 23.4 Å². The number of carbonyl (C=O) groups is 1. The molecule has 1 fully saturated rings. The van der Waals surface area contributed by atoms with Gasteiger partial charge in [0.05, 0.1) is 11.6 Å². The van der Waals surface area contributed by atoms with Crippen LogP contribution < -0.4 is 5.32 Å². The van der Waals surface area contributed by atoms with Crippen molar-refractivity contribution in [2.24, 2.45) is 0 Å². The Bertz CT molecular complexity index is 1290. The van der Waals surface area contributed by atoms with E-state index in [1.165, 1.54) is 23.9 Å². The third-order valence-electron chi connectivity index (χ3n) is 5.57. The van der Waals surface area contributed by atoms with Gasteiger partial charge in [0.2, 0.25) is 5.91 Å². The van der Waals surface area contributed by atoms with Crippen molar-refractivity contribution >= 4 is 29.3 Å². The lowest BCUT2D eigenvalue weighted by molar-refractivity contribution is -0.120. The van der Waals surface area contributed by atoms with Crippen molar-refractivity contribution in [3.63, 3.8) is 0 Å². The van der Waals surface area contributed by atoms with Crippen molar-refractivity contribution in [1.82, 2.24) is 20.1 Å². The average Bonchev–Trinajstić information content (AvgIpc) is 3.58. The number of hydrogen-bond acceptors (Lipinski definition) is 4. The van der Waals surface area contributed by atoms with E-state index in [0.29, 0.717) is 28.1 Å². The highest BCUT2D eigenvalue weighted by molar-refractivity contribution is 8.00. The first-order valence-corrected chi connectivity index (χ1v) is 12.3. The molecule has 1 atom stereocenters. The predicted molar refractivity (Wildman–Crippen MR) is 132 cm³/mol. The number of carbonyl (C=O) groups excluding carboxylic acids is 1. The van der Waals surface area contributed by atoms with Crippen LogP contribution in [0.3, 0.4) is 0 Å². The normalized spacial score (nSPS) is 14.1. The van der Waals surface area contributed by atoms with E-state index in [-0.39, 0.29) is 17.8 Å². The Balaban J connectivity index is 1.54. The highest BCUT2D eigenvalue weighted by Gasteiger charge is 2.31. The molecule has 1 N–H and O–H groups in total. The highest BCUT2D eigenvalue weighted by atomic mass is 35.5. The molecule has 5 rings (SSSR count). The molecule has 1 amide bonds. The largest absolute Gasteiger partial charge is 0.352 e. The van der Waals surface area contributed by atoms with Crippen LogP contribution in [-0.4, -0.2) is 26.7 Å². The third kappa shape index (κ3) is 5.16. The van der Waals surface area contributed by atoms with Gasteiger partial charge in [0.1, 0.15) is 11.1 Å². The molecule has 8 heteroatoms. The number of nitrogens with zero attached hydrogens (tertiary/aromatic N) is 3. The monoisotopic (exact) mass is 492 g/mol. The molecular formula is C26H22ClFN4OS. The van der Waals surface area contributed by atoms with Gasteiger partial charge < -0.3 is 5.32 Å². The molecule has 0 spiro atoms. The van der Waals surface area contributed by atoms with Gasteiger partial charge in [-0.15, -0.1) is 10.2 Å². The number of aromatic nitrogens is 3. The molecule has 4 aromatic rings. The molecule has 0 aliphatic heterocycles. The molecule has 3 aromatic carbocycles. The van der Waals surface area contributed by atoms with Gasteiger partial charge in [0.15, 0.2) is 11.0 Å². The fourth-order valence-electron chi connectivity index (χ4n) is 3.65. The Hall–Kier alpha value is -3.16. The second kappa shape index (κ2) is 9.99. The Morgan fingerprint density at radius 3 is 2.44 bits per heavy atom. The minimum atomic E-state index is -0.598. The molecule has 0 radical (unpaired) electrons. The smallest absolute Gasteiger partial charge is 0.238 e. The molecular weight excluding hydrogens is 471 g/mol. The van der Waals surface area contributed by atoms with Crippen molar-refractivity contribution in [2.75, 3.05) is 0 Å². The van der Waals surface area contributed by atoms with Gasteiger partial charge in [-0.1, -0.05) is 78.0 Å². The number of hydrogen-bond donors (Lipinski definition) is 1. The number of nitrogens with one attached hydrogen (secondary N) is 1. The summed E-state index contributed by atoms with van der Waals surface area (Å²) in [6.45, 7) is 0.511. The van der Waals surface area contributed by atoms with Crippen LogP contribution in [0.4, 0.5) is 4.39 Å². The van der Waals surface area contributed by atoms with Gasteiger partial charge in [-0.2, -0.15) is 0 Å². The van der Waals surface area contributed by atoms with E-state index in [9.17, 15) is 9.18 Å². The zero-order chi connectivity index (χ0) is 23.5. The van der Waals surface area contributed by atoms with Crippen molar-refractivity contribution in [1.29, 1.82) is 0 Å². The Morgan fingerprint density at radius 2 is 1.74 bits per heavy atom. The summed E-state index contributed by atoms with van der Waals surface area (Å²) >= 11 is 7.79. The van der Waals surface area contributed by atoms with Crippen LogP contribution in [-0.2, 0) is 11.3 Å². The highest BCUT2D eigenvalue weighted by Crippen LogP contribution is 2.38. The summed E-state index contributed by atoms with van der Waals surface area (Å²) in [5.74, 6) is 0.161. The Kier molecular flexibility index (Phi) is 6.65. The van der Waals surface area contributed by atoms with Crippen LogP contribution in [0.2, 0.25) is 5.02 Å². The topological polar surface area (TPSA) is 59.8 Å². The van der Waals surface area contributed by atoms with Crippen molar-refractivity contribution in [3.8, 4) is 11.4 Å². The first-order chi connectivity index (χ1) is 16.6. The minimum Gasteiger partial charge on any atom is -0.352 e. The van der Waals surface area contributed by atoms with E-state index in [4.69, 9.17) is 11.6 Å².